The average molecular weight is 542 g/mol. The van der Waals surface area contributed by atoms with E-state index in [-0.39, 0.29) is 35.8 Å². The molecule has 1 heterocycles. The fourth-order valence-electron chi connectivity index (χ4n) is 5.30. The number of aryl methyl sites for hydroxylation is 1. The maximum Gasteiger partial charge on any atom is 0.302 e. The molecule has 0 spiro atoms. The first-order valence-corrected chi connectivity index (χ1v) is 14.0. The van der Waals surface area contributed by atoms with Crippen LogP contribution in [-0.4, -0.2) is 58.0 Å². The molecule has 0 aliphatic carbocycles. The van der Waals surface area contributed by atoms with Gasteiger partial charge in [-0.25, -0.2) is 0 Å². The molecule has 3 N–H and O–H groups in total. The van der Waals surface area contributed by atoms with Gasteiger partial charge < -0.3 is 29.7 Å². The van der Waals surface area contributed by atoms with Gasteiger partial charge in [-0.05, 0) is 60.9 Å². The number of methoxy groups -OCH3 is 1. The van der Waals surface area contributed by atoms with Crippen LogP contribution in [0.4, 0.5) is 0 Å². The Balaban J connectivity index is 1.65. The van der Waals surface area contributed by atoms with Crippen LogP contribution in [0.25, 0.3) is 0 Å². The number of rotatable bonds is 15. The molecule has 0 aromatic heterocycles. The van der Waals surface area contributed by atoms with Gasteiger partial charge in [-0.2, -0.15) is 0 Å². The second-order valence-electron chi connectivity index (χ2n) is 10.7. The number of unbranched alkanes of at least 4 members (excludes halogenated alkanes) is 2. The lowest BCUT2D eigenvalue weighted by Gasteiger charge is -2.22. The molecule has 39 heavy (non-hydrogen) atoms. The van der Waals surface area contributed by atoms with Gasteiger partial charge in [0.05, 0.1) is 13.2 Å². The number of likely N-dealkylation sites (tertiary alicyclic amines) is 1. The van der Waals surface area contributed by atoms with Gasteiger partial charge in [-0.3, -0.25) is 9.59 Å². The SMILES string of the molecule is CCCCC[C@H](O)C[C@@H](CCc1cc(CN2C[C@H](Cc3ccc(O)cc3)CC2=O)c(O)c(OC)c1)OC(C)=O. The number of phenolic OH excluding ortho intramolecular Hbond substituents is 2. The Morgan fingerprint density at radius 1 is 1.10 bits per heavy atom. The number of carbonyl (C=O) groups excluding carboxylic acids is 2. The van der Waals surface area contributed by atoms with Gasteiger partial charge in [0.25, 0.3) is 0 Å². The summed E-state index contributed by atoms with van der Waals surface area (Å²) in [6, 6.07) is 10.7. The lowest BCUT2D eigenvalue weighted by molar-refractivity contribution is -0.148. The van der Waals surface area contributed by atoms with Gasteiger partial charge in [0.2, 0.25) is 5.91 Å². The maximum atomic E-state index is 12.8. The van der Waals surface area contributed by atoms with Crippen molar-refractivity contribution < 1.29 is 34.4 Å². The number of amides is 1. The number of aliphatic hydroxyl groups is 1. The van der Waals surface area contributed by atoms with E-state index in [1.807, 2.05) is 18.2 Å². The van der Waals surface area contributed by atoms with E-state index in [1.165, 1.54) is 14.0 Å². The molecule has 2 aromatic carbocycles. The van der Waals surface area contributed by atoms with Crippen LogP contribution in [-0.2, 0) is 33.7 Å². The van der Waals surface area contributed by atoms with Gasteiger partial charge in [0.15, 0.2) is 11.5 Å². The smallest absolute Gasteiger partial charge is 0.302 e. The predicted octanol–water partition coefficient (Wildman–Crippen LogP) is 4.89. The lowest BCUT2D eigenvalue weighted by atomic mass is 9.98. The number of phenols is 2. The van der Waals surface area contributed by atoms with Crippen LogP contribution >= 0.6 is 0 Å². The van der Waals surface area contributed by atoms with E-state index in [0.29, 0.717) is 50.0 Å². The number of hydrogen-bond donors (Lipinski definition) is 3. The summed E-state index contributed by atoms with van der Waals surface area (Å²) in [5, 5.41) is 30.8. The summed E-state index contributed by atoms with van der Waals surface area (Å²) in [6.07, 6.45) is 5.45. The second-order valence-corrected chi connectivity index (χ2v) is 10.7. The Labute approximate surface area is 231 Å². The van der Waals surface area contributed by atoms with Crippen LogP contribution in [0.3, 0.4) is 0 Å². The number of benzene rings is 2. The van der Waals surface area contributed by atoms with Crippen LogP contribution < -0.4 is 4.74 Å². The van der Waals surface area contributed by atoms with E-state index in [9.17, 15) is 24.9 Å². The first-order valence-electron chi connectivity index (χ1n) is 14.0. The number of aliphatic hydroxyl groups excluding tert-OH is 1. The molecule has 2 aromatic rings. The number of esters is 1. The van der Waals surface area contributed by atoms with Gasteiger partial charge in [0.1, 0.15) is 11.9 Å². The molecule has 3 atom stereocenters. The molecule has 1 fully saturated rings. The summed E-state index contributed by atoms with van der Waals surface area (Å²) in [6.45, 7) is 4.34. The normalized spacial score (nSPS) is 16.8. The second kappa shape index (κ2) is 14.8. The van der Waals surface area contributed by atoms with Crippen LogP contribution in [0, 0.1) is 5.92 Å². The van der Waals surface area contributed by atoms with Crippen LogP contribution in [0.5, 0.6) is 17.2 Å². The third-order valence-corrected chi connectivity index (χ3v) is 7.31. The fraction of sp³-hybridized carbons (Fsp3) is 0.548. The molecular formula is C31H43NO7. The first kappa shape index (κ1) is 30.3. The largest absolute Gasteiger partial charge is 0.508 e. The summed E-state index contributed by atoms with van der Waals surface area (Å²) in [7, 11) is 1.49. The summed E-state index contributed by atoms with van der Waals surface area (Å²) >= 11 is 0. The van der Waals surface area contributed by atoms with Crippen molar-refractivity contribution in [3.05, 3.63) is 53.1 Å². The highest BCUT2D eigenvalue weighted by atomic mass is 16.5. The molecule has 3 rings (SSSR count). The summed E-state index contributed by atoms with van der Waals surface area (Å²) in [4.78, 5) is 26.2. The van der Waals surface area contributed by atoms with Crippen molar-refractivity contribution in [2.75, 3.05) is 13.7 Å². The van der Waals surface area contributed by atoms with Crippen LogP contribution in [0.2, 0.25) is 0 Å². The molecule has 214 valence electrons. The van der Waals surface area contributed by atoms with Crippen molar-refractivity contribution >= 4 is 11.9 Å². The summed E-state index contributed by atoms with van der Waals surface area (Å²) in [5.74, 6) is 0.378. The third kappa shape index (κ3) is 9.46. The Morgan fingerprint density at radius 2 is 1.85 bits per heavy atom. The highest BCUT2D eigenvalue weighted by Crippen LogP contribution is 2.35. The summed E-state index contributed by atoms with van der Waals surface area (Å²) in [5.41, 5.74) is 2.56. The topological polar surface area (TPSA) is 117 Å². The minimum atomic E-state index is -0.526. The van der Waals surface area contributed by atoms with E-state index in [1.54, 1.807) is 23.1 Å². The molecule has 0 unspecified atom stereocenters. The Bertz CT molecular complexity index is 1090. The molecule has 1 aliphatic rings. The minimum absolute atomic E-state index is 0.0129. The van der Waals surface area contributed by atoms with Gasteiger partial charge >= 0.3 is 5.97 Å². The van der Waals surface area contributed by atoms with Gasteiger partial charge in [0, 0.05) is 38.4 Å². The molecule has 1 aliphatic heterocycles. The zero-order chi connectivity index (χ0) is 28.4. The van der Waals surface area contributed by atoms with Crippen LogP contribution in [0.15, 0.2) is 36.4 Å². The number of nitrogens with zero attached hydrogens (tertiary/aromatic N) is 1. The molecule has 0 bridgehead atoms. The number of carbonyl (C=O) groups is 2. The Morgan fingerprint density at radius 3 is 2.51 bits per heavy atom. The van der Waals surface area contributed by atoms with Crippen LogP contribution in [0.1, 0.15) is 75.5 Å². The first-order chi connectivity index (χ1) is 18.7. The number of ether oxygens (including phenoxy) is 2. The molecule has 8 heteroatoms. The van der Waals surface area contributed by atoms with Crippen molar-refractivity contribution in [2.24, 2.45) is 5.92 Å². The van der Waals surface area contributed by atoms with Crippen molar-refractivity contribution in [3.8, 4) is 17.2 Å². The van der Waals surface area contributed by atoms with E-state index < -0.39 is 12.2 Å². The number of aromatic hydroxyl groups is 2. The number of hydrogen-bond acceptors (Lipinski definition) is 7. The Kier molecular flexibility index (Phi) is 11.5. The van der Waals surface area contributed by atoms with E-state index in [0.717, 1.165) is 36.8 Å². The quantitative estimate of drug-likeness (QED) is 0.217. The molecule has 0 saturated carbocycles. The zero-order valence-corrected chi connectivity index (χ0v) is 23.4. The van der Waals surface area contributed by atoms with E-state index in [4.69, 9.17) is 9.47 Å². The standard InChI is InChI=1S/C31H43NO7/c1-4-5-6-7-27(35)18-28(39-21(2)33)13-10-23-15-25(31(37)29(16-23)38-3)20-32-19-24(17-30(32)36)14-22-8-11-26(34)12-9-22/h8-9,11-12,15-16,24,27-28,34-35,37H,4-7,10,13-14,17-20H2,1-3H3/t24-,27+,28-/m1/s1. The Hall–Kier alpha value is -3.26. The maximum absolute atomic E-state index is 12.8. The van der Waals surface area contributed by atoms with Gasteiger partial charge in [-0.15, -0.1) is 0 Å². The highest BCUT2D eigenvalue weighted by Gasteiger charge is 2.30. The third-order valence-electron chi connectivity index (χ3n) is 7.31. The molecule has 8 nitrogen and oxygen atoms in total. The molecule has 1 amide bonds. The van der Waals surface area contributed by atoms with Crippen molar-refractivity contribution in [1.29, 1.82) is 0 Å². The zero-order valence-electron chi connectivity index (χ0n) is 23.4. The van der Waals surface area contributed by atoms with E-state index >= 15 is 0 Å². The average Bonchev–Trinajstić information content (AvgIpc) is 3.23. The minimum Gasteiger partial charge on any atom is -0.508 e. The molecular weight excluding hydrogens is 498 g/mol. The highest BCUT2D eigenvalue weighted by molar-refractivity contribution is 5.78. The lowest BCUT2D eigenvalue weighted by Crippen LogP contribution is -2.25. The monoisotopic (exact) mass is 541 g/mol. The fourth-order valence-corrected chi connectivity index (χ4v) is 5.30. The van der Waals surface area contributed by atoms with Crippen molar-refractivity contribution in [1.82, 2.24) is 4.90 Å². The van der Waals surface area contributed by atoms with Crippen molar-refractivity contribution in [2.45, 2.75) is 90.4 Å². The van der Waals surface area contributed by atoms with Crippen molar-refractivity contribution in [3.63, 3.8) is 0 Å². The summed E-state index contributed by atoms with van der Waals surface area (Å²) < 4.78 is 10.9. The van der Waals surface area contributed by atoms with Gasteiger partial charge in [-0.1, -0.05) is 44.4 Å². The predicted molar refractivity (Wildman–Crippen MR) is 149 cm³/mol. The molecule has 1 saturated heterocycles. The van der Waals surface area contributed by atoms with E-state index in [2.05, 4.69) is 6.92 Å². The molecule has 0 radical (unpaired) electrons.